The molecule has 20 heavy (non-hydrogen) atoms. The van der Waals surface area contributed by atoms with Crippen LogP contribution in [0.15, 0.2) is 12.1 Å². The summed E-state index contributed by atoms with van der Waals surface area (Å²) in [5, 5.41) is 3.12. The van der Waals surface area contributed by atoms with E-state index < -0.39 is 0 Å². The smallest absolute Gasteiger partial charge is 0.160 e. The summed E-state index contributed by atoms with van der Waals surface area (Å²) in [6.07, 6.45) is 1.85. The second-order valence-corrected chi connectivity index (χ2v) is 4.73. The molecule has 1 aromatic carbocycles. The first-order chi connectivity index (χ1) is 9.63. The van der Waals surface area contributed by atoms with Gasteiger partial charge in [-0.25, -0.2) is 0 Å². The maximum Gasteiger partial charge on any atom is 0.160 e. The molecule has 0 amide bonds. The molecule has 0 bridgehead atoms. The lowest BCUT2D eigenvalue weighted by molar-refractivity contribution is 0.101. The van der Waals surface area contributed by atoms with Crippen molar-refractivity contribution < 1.29 is 14.3 Å². The number of rotatable bonds is 9. The van der Waals surface area contributed by atoms with Crippen molar-refractivity contribution in [3.05, 3.63) is 23.3 Å². The van der Waals surface area contributed by atoms with Crippen LogP contribution in [0.4, 0.5) is 0 Å². The van der Waals surface area contributed by atoms with E-state index in [1.54, 1.807) is 6.92 Å². The minimum Gasteiger partial charge on any atom is -0.493 e. The number of ether oxygens (including phenoxy) is 2. The third-order valence-electron chi connectivity index (χ3n) is 2.85. The van der Waals surface area contributed by atoms with Gasteiger partial charge in [-0.3, -0.25) is 4.79 Å². The first-order valence-corrected chi connectivity index (χ1v) is 7.22. The van der Waals surface area contributed by atoms with Crippen LogP contribution in [0, 0.1) is 0 Å². The Kier molecular flexibility index (Phi) is 7.09. The van der Waals surface area contributed by atoms with Crippen LogP contribution < -0.4 is 14.8 Å². The molecule has 0 heterocycles. The maximum atomic E-state index is 11.6. The van der Waals surface area contributed by atoms with E-state index in [1.807, 2.05) is 19.2 Å². The predicted octanol–water partition coefficient (Wildman–Crippen LogP) is 3.19. The summed E-state index contributed by atoms with van der Waals surface area (Å²) in [6, 6.07) is 3.62. The zero-order chi connectivity index (χ0) is 15.0. The number of carbonyl (C=O) groups is 1. The Bertz CT molecular complexity index is 414. The monoisotopic (exact) mass is 279 g/mol. The highest BCUT2D eigenvalue weighted by Gasteiger charge is 2.15. The van der Waals surface area contributed by atoms with Crippen molar-refractivity contribution >= 4 is 5.78 Å². The van der Waals surface area contributed by atoms with Crippen molar-refractivity contribution in [1.82, 2.24) is 5.32 Å². The van der Waals surface area contributed by atoms with E-state index in [9.17, 15) is 4.79 Å². The molecule has 0 saturated carbocycles. The first-order valence-electron chi connectivity index (χ1n) is 7.22. The predicted molar refractivity (Wildman–Crippen MR) is 80.8 cm³/mol. The second kappa shape index (κ2) is 8.59. The van der Waals surface area contributed by atoms with Crippen LogP contribution in [0.3, 0.4) is 0 Å². The van der Waals surface area contributed by atoms with Gasteiger partial charge in [0, 0.05) is 17.7 Å². The lowest BCUT2D eigenvalue weighted by atomic mass is 10.1. The molecular weight excluding hydrogens is 254 g/mol. The zero-order valence-electron chi connectivity index (χ0n) is 12.9. The summed E-state index contributed by atoms with van der Waals surface area (Å²) >= 11 is 0. The summed E-state index contributed by atoms with van der Waals surface area (Å²) in [5.74, 6) is 1.49. The average Bonchev–Trinajstić information content (AvgIpc) is 2.44. The van der Waals surface area contributed by atoms with Gasteiger partial charge in [0.15, 0.2) is 5.78 Å². The van der Waals surface area contributed by atoms with Crippen molar-refractivity contribution in [1.29, 1.82) is 0 Å². The minimum atomic E-state index is 0.0173. The Labute approximate surface area is 121 Å². The molecule has 0 spiro atoms. The molecule has 1 aromatic rings. The summed E-state index contributed by atoms with van der Waals surface area (Å²) in [7, 11) is 1.88. The molecular formula is C16H25NO3. The third-order valence-corrected chi connectivity index (χ3v) is 2.85. The molecule has 0 radical (unpaired) electrons. The lowest BCUT2D eigenvalue weighted by Crippen LogP contribution is -2.12. The first kappa shape index (κ1) is 16.5. The normalized spacial score (nSPS) is 10.4. The van der Waals surface area contributed by atoms with Crippen LogP contribution in [0.25, 0.3) is 0 Å². The number of benzene rings is 1. The molecule has 0 aromatic heterocycles. The van der Waals surface area contributed by atoms with Crippen LogP contribution in [-0.4, -0.2) is 26.0 Å². The summed E-state index contributed by atoms with van der Waals surface area (Å²) in [5.41, 5.74) is 1.60. The maximum absolute atomic E-state index is 11.6. The molecule has 1 N–H and O–H groups in total. The summed E-state index contributed by atoms with van der Waals surface area (Å²) in [4.78, 5) is 11.6. The van der Waals surface area contributed by atoms with E-state index in [2.05, 4.69) is 19.2 Å². The number of ketones is 1. The molecule has 0 fully saturated rings. The number of nitrogens with one attached hydrogen (secondary N) is 1. The Balaban J connectivity index is 3.20. The molecule has 4 heteroatoms. The van der Waals surface area contributed by atoms with Gasteiger partial charge < -0.3 is 14.8 Å². The number of hydrogen-bond acceptors (Lipinski definition) is 4. The quantitative estimate of drug-likeness (QED) is 0.705. The van der Waals surface area contributed by atoms with Gasteiger partial charge in [0.05, 0.1) is 13.2 Å². The average molecular weight is 279 g/mol. The molecule has 112 valence electrons. The molecule has 0 aliphatic rings. The lowest BCUT2D eigenvalue weighted by Gasteiger charge is -2.17. The molecule has 0 saturated heterocycles. The SMILES string of the molecule is CCCOc1cc(C(C)=O)cc(OCCC)c1CNC. The number of hydrogen-bond donors (Lipinski definition) is 1. The highest BCUT2D eigenvalue weighted by Crippen LogP contribution is 2.31. The fraction of sp³-hybridized carbons (Fsp3) is 0.562. The Morgan fingerprint density at radius 1 is 1.10 bits per heavy atom. The van der Waals surface area contributed by atoms with Crippen LogP contribution in [-0.2, 0) is 6.54 Å². The van der Waals surface area contributed by atoms with E-state index in [0.717, 1.165) is 29.9 Å². The van der Waals surface area contributed by atoms with Crippen molar-refractivity contribution in [2.24, 2.45) is 0 Å². The van der Waals surface area contributed by atoms with Gasteiger partial charge >= 0.3 is 0 Å². The molecule has 4 nitrogen and oxygen atoms in total. The fourth-order valence-electron chi connectivity index (χ4n) is 1.86. The minimum absolute atomic E-state index is 0.0173. The summed E-state index contributed by atoms with van der Waals surface area (Å²) in [6.45, 7) is 7.58. The Morgan fingerprint density at radius 2 is 1.60 bits per heavy atom. The van der Waals surface area contributed by atoms with Gasteiger partial charge in [-0.15, -0.1) is 0 Å². The number of carbonyl (C=O) groups excluding carboxylic acids is 1. The van der Waals surface area contributed by atoms with E-state index in [4.69, 9.17) is 9.47 Å². The topological polar surface area (TPSA) is 47.6 Å². The van der Waals surface area contributed by atoms with Gasteiger partial charge in [0.25, 0.3) is 0 Å². The van der Waals surface area contributed by atoms with E-state index in [0.29, 0.717) is 25.3 Å². The van der Waals surface area contributed by atoms with Crippen molar-refractivity contribution in [2.45, 2.75) is 40.2 Å². The second-order valence-electron chi connectivity index (χ2n) is 4.73. The number of Topliss-reactive ketones (excluding diaryl/α,β-unsaturated/α-hetero) is 1. The van der Waals surface area contributed by atoms with E-state index in [-0.39, 0.29) is 5.78 Å². The van der Waals surface area contributed by atoms with Gasteiger partial charge in [-0.05, 0) is 38.9 Å². The zero-order valence-corrected chi connectivity index (χ0v) is 12.9. The van der Waals surface area contributed by atoms with Crippen molar-refractivity contribution in [3.63, 3.8) is 0 Å². The van der Waals surface area contributed by atoms with E-state index in [1.165, 1.54) is 0 Å². The molecule has 1 rings (SSSR count). The standard InChI is InChI=1S/C16H25NO3/c1-5-7-19-15-9-13(12(3)18)10-16(20-8-6-2)14(15)11-17-4/h9-10,17H,5-8,11H2,1-4H3. The Morgan fingerprint density at radius 3 is 1.95 bits per heavy atom. The fourth-order valence-corrected chi connectivity index (χ4v) is 1.86. The molecule has 0 atom stereocenters. The van der Waals surface area contributed by atoms with Crippen LogP contribution in [0.5, 0.6) is 11.5 Å². The van der Waals surface area contributed by atoms with Crippen LogP contribution in [0.1, 0.15) is 49.5 Å². The van der Waals surface area contributed by atoms with Crippen molar-refractivity contribution in [2.75, 3.05) is 20.3 Å². The summed E-state index contributed by atoms with van der Waals surface area (Å²) < 4.78 is 11.6. The van der Waals surface area contributed by atoms with Gasteiger partial charge in [-0.2, -0.15) is 0 Å². The molecule has 0 unspecified atom stereocenters. The van der Waals surface area contributed by atoms with Crippen molar-refractivity contribution in [3.8, 4) is 11.5 Å². The largest absolute Gasteiger partial charge is 0.493 e. The van der Waals surface area contributed by atoms with E-state index >= 15 is 0 Å². The Hall–Kier alpha value is -1.55. The molecule has 0 aliphatic carbocycles. The highest BCUT2D eigenvalue weighted by atomic mass is 16.5. The third kappa shape index (κ3) is 4.53. The van der Waals surface area contributed by atoms with Crippen LogP contribution in [0.2, 0.25) is 0 Å². The van der Waals surface area contributed by atoms with Gasteiger partial charge in [-0.1, -0.05) is 13.8 Å². The van der Waals surface area contributed by atoms with Gasteiger partial charge in [0.2, 0.25) is 0 Å². The van der Waals surface area contributed by atoms with Gasteiger partial charge in [0.1, 0.15) is 11.5 Å². The van der Waals surface area contributed by atoms with Crippen LogP contribution >= 0.6 is 0 Å². The highest BCUT2D eigenvalue weighted by molar-refractivity contribution is 5.95. The molecule has 0 aliphatic heterocycles.